The molecule has 4 nitrogen and oxygen atoms in total. The number of carbonyl (C=O) groups excluding carboxylic acids is 1. The first-order chi connectivity index (χ1) is 9.25. The van der Waals surface area contributed by atoms with Gasteiger partial charge in [-0.1, -0.05) is 18.6 Å². The van der Waals surface area contributed by atoms with Crippen molar-refractivity contribution in [2.75, 3.05) is 18.5 Å². The summed E-state index contributed by atoms with van der Waals surface area (Å²) in [5, 5.41) is 6.28. The number of nitrogens with one attached hydrogen (secondary N) is 2. The van der Waals surface area contributed by atoms with Crippen LogP contribution < -0.4 is 15.4 Å². The highest BCUT2D eigenvalue weighted by atomic mass is 16.5. The Bertz CT molecular complexity index is 414. The van der Waals surface area contributed by atoms with Crippen molar-refractivity contribution in [3.05, 3.63) is 24.3 Å². The molecule has 2 rings (SSSR count). The molecule has 0 spiro atoms. The lowest BCUT2D eigenvalue weighted by molar-refractivity contribution is -0.114. The summed E-state index contributed by atoms with van der Waals surface area (Å²) in [6, 6.07) is 8.12. The van der Waals surface area contributed by atoms with E-state index in [1.807, 2.05) is 24.3 Å². The van der Waals surface area contributed by atoms with Crippen LogP contribution in [-0.2, 0) is 4.79 Å². The first-order valence-corrected chi connectivity index (χ1v) is 6.98. The molecule has 1 aliphatic rings. The summed E-state index contributed by atoms with van der Waals surface area (Å²) >= 11 is 0. The lowest BCUT2D eigenvalue weighted by Crippen LogP contribution is -2.35. The van der Waals surface area contributed by atoms with Crippen LogP contribution in [-0.4, -0.2) is 25.1 Å². The summed E-state index contributed by atoms with van der Waals surface area (Å²) in [6.07, 6.45) is 4.83. The van der Waals surface area contributed by atoms with Crippen LogP contribution in [0.25, 0.3) is 0 Å². The van der Waals surface area contributed by atoms with Gasteiger partial charge in [0, 0.05) is 13.0 Å². The van der Waals surface area contributed by atoms with Gasteiger partial charge in [0.05, 0.1) is 12.3 Å². The SMILES string of the molecule is CC(=O)Nc1ccccc1OCCC1CCCCN1. The zero-order chi connectivity index (χ0) is 13.5. The zero-order valence-corrected chi connectivity index (χ0v) is 11.4. The first kappa shape index (κ1) is 13.9. The minimum absolute atomic E-state index is 0.0787. The molecule has 1 aliphatic heterocycles. The zero-order valence-electron chi connectivity index (χ0n) is 11.4. The number of rotatable bonds is 5. The maximum Gasteiger partial charge on any atom is 0.221 e. The summed E-state index contributed by atoms with van der Waals surface area (Å²) in [6.45, 7) is 3.30. The quantitative estimate of drug-likeness (QED) is 0.857. The lowest BCUT2D eigenvalue weighted by atomic mass is 10.0. The van der Waals surface area contributed by atoms with Crippen molar-refractivity contribution in [1.82, 2.24) is 5.32 Å². The molecule has 1 saturated heterocycles. The average Bonchev–Trinajstić information content (AvgIpc) is 2.41. The predicted molar refractivity (Wildman–Crippen MR) is 76.5 cm³/mol. The van der Waals surface area contributed by atoms with Crippen molar-refractivity contribution in [3.63, 3.8) is 0 Å². The minimum atomic E-state index is -0.0787. The molecule has 1 amide bonds. The van der Waals surface area contributed by atoms with Gasteiger partial charge in [-0.05, 0) is 37.9 Å². The van der Waals surface area contributed by atoms with E-state index in [9.17, 15) is 4.79 Å². The predicted octanol–water partition coefficient (Wildman–Crippen LogP) is 2.56. The molecule has 0 saturated carbocycles. The molecular weight excluding hydrogens is 240 g/mol. The van der Waals surface area contributed by atoms with E-state index in [4.69, 9.17) is 4.74 Å². The highest BCUT2D eigenvalue weighted by Crippen LogP contribution is 2.24. The second-order valence-corrected chi connectivity index (χ2v) is 4.96. The topological polar surface area (TPSA) is 50.4 Å². The van der Waals surface area contributed by atoms with Crippen molar-refractivity contribution in [3.8, 4) is 5.75 Å². The van der Waals surface area contributed by atoms with Gasteiger partial charge in [0.15, 0.2) is 0 Å². The molecule has 1 aromatic rings. The van der Waals surface area contributed by atoms with E-state index in [2.05, 4.69) is 10.6 Å². The molecule has 4 heteroatoms. The molecule has 0 aromatic heterocycles. The van der Waals surface area contributed by atoms with Crippen molar-refractivity contribution < 1.29 is 9.53 Å². The number of ether oxygens (including phenoxy) is 1. The van der Waals surface area contributed by atoms with Crippen molar-refractivity contribution >= 4 is 11.6 Å². The van der Waals surface area contributed by atoms with Gasteiger partial charge in [0.25, 0.3) is 0 Å². The van der Waals surface area contributed by atoms with E-state index >= 15 is 0 Å². The largest absolute Gasteiger partial charge is 0.491 e. The molecule has 19 heavy (non-hydrogen) atoms. The molecule has 1 unspecified atom stereocenters. The number of hydrogen-bond acceptors (Lipinski definition) is 3. The maximum atomic E-state index is 11.1. The normalized spacial score (nSPS) is 18.9. The Morgan fingerprint density at radius 2 is 2.26 bits per heavy atom. The number of carbonyl (C=O) groups is 1. The number of para-hydroxylation sites is 2. The van der Waals surface area contributed by atoms with Crippen LogP contribution in [0, 0.1) is 0 Å². The summed E-state index contributed by atoms with van der Waals surface area (Å²) < 4.78 is 5.79. The van der Waals surface area contributed by atoms with Gasteiger partial charge in [0.1, 0.15) is 5.75 Å². The van der Waals surface area contributed by atoms with E-state index in [-0.39, 0.29) is 5.91 Å². The molecule has 0 aliphatic carbocycles. The Morgan fingerprint density at radius 3 is 3.00 bits per heavy atom. The molecule has 104 valence electrons. The van der Waals surface area contributed by atoms with Crippen molar-refractivity contribution in [2.24, 2.45) is 0 Å². The van der Waals surface area contributed by atoms with Gasteiger partial charge in [0.2, 0.25) is 5.91 Å². The van der Waals surface area contributed by atoms with Gasteiger partial charge < -0.3 is 15.4 Å². The Kier molecular flexibility index (Phi) is 5.21. The molecule has 1 heterocycles. The number of hydrogen-bond donors (Lipinski definition) is 2. The Morgan fingerprint density at radius 1 is 1.42 bits per heavy atom. The van der Waals surface area contributed by atoms with E-state index in [0.717, 1.165) is 24.4 Å². The fourth-order valence-electron chi connectivity index (χ4n) is 2.37. The lowest BCUT2D eigenvalue weighted by Gasteiger charge is -2.23. The fraction of sp³-hybridized carbons (Fsp3) is 0.533. The van der Waals surface area contributed by atoms with Gasteiger partial charge in [-0.25, -0.2) is 0 Å². The molecule has 1 atom stereocenters. The Balaban J connectivity index is 1.83. The molecule has 2 N–H and O–H groups in total. The number of amides is 1. The molecule has 1 aromatic carbocycles. The van der Waals surface area contributed by atoms with Crippen LogP contribution in [0.5, 0.6) is 5.75 Å². The van der Waals surface area contributed by atoms with Crippen LogP contribution in [0.1, 0.15) is 32.6 Å². The third kappa shape index (κ3) is 4.56. The third-order valence-corrected chi connectivity index (χ3v) is 3.33. The van der Waals surface area contributed by atoms with E-state index in [1.165, 1.54) is 26.2 Å². The highest BCUT2D eigenvalue weighted by molar-refractivity contribution is 5.90. The van der Waals surface area contributed by atoms with Crippen molar-refractivity contribution in [1.29, 1.82) is 0 Å². The molecule has 0 bridgehead atoms. The van der Waals surface area contributed by atoms with Gasteiger partial charge in [-0.2, -0.15) is 0 Å². The first-order valence-electron chi connectivity index (χ1n) is 6.98. The fourth-order valence-corrected chi connectivity index (χ4v) is 2.37. The third-order valence-electron chi connectivity index (χ3n) is 3.33. The number of benzene rings is 1. The summed E-state index contributed by atoms with van der Waals surface area (Å²) in [4.78, 5) is 11.1. The van der Waals surface area contributed by atoms with E-state index in [0.29, 0.717) is 12.6 Å². The van der Waals surface area contributed by atoms with Crippen LogP contribution >= 0.6 is 0 Å². The monoisotopic (exact) mass is 262 g/mol. The van der Waals surface area contributed by atoms with Gasteiger partial charge >= 0.3 is 0 Å². The minimum Gasteiger partial charge on any atom is -0.491 e. The maximum absolute atomic E-state index is 11.1. The molecule has 0 radical (unpaired) electrons. The Hall–Kier alpha value is -1.55. The summed E-state index contributed by atoms with van der Waals surface area (Å²) in [7, 11) is 0. The number of piperidine rings is 1. The standard InChI is InChI=1S/C15H22N2O2/c1-12(18)17-14-7-2-3-8-15(14)19-11-9-13-6-4-5-10-16-13/h2-3,7-8,13,16H,4-6,9-11H2,1H3,(H,17,18). The van der Waals surface area contributed by atoms with Crippen LogP contribution in [0.15, 0.2) is 24.3 Å². The van der Waals surface area contributed by atoms with Gasteiger partial charge in [-0.3, -0.25) is 4.79 Å². The summed E-state index contributed by atoms with van der Waals surface area (Å²) in [5.41, 5.74) is 0.742. The molecule has 1 fully saturated rings. The second kappa shape index (κ2) is 7.14. The van der Waals surface area contributed by atoms with E-state index in [1.54, 1.807) is 0 Å². The number of anilines is 1. The van der Waals surface area contributed by atoms with Crippen LogP contribution in [0.4, 0.5) is 5.69 Å². The van der Waals surface area contributed by atoms with Crippen molar-refractivity contribution in [2.45, 2.75) is 38.6 Å². The van der Waals surface area contributed by atoms with E-state index < -0.39 is 0 Å². The summed E-state index contributed by atoms with van der Waals surface area (Å²) in [5.74, 6) is 0.665. The molecular formula is C15H22N2O2. The van der Waals surface area contributed by atoms with Gasteiger partial charge in [-0.15, -0.1) is 0 Å². The average molecular weight is 262 g/mol. The van der Waals surface area contributed by atoms with Crippen LogP contribution in [0.2, 0.25) is 0 Å². The highest BCUT2D eigenvalue weighted by Gasteiger charge is 2.12. The van der Waals surface area contributed by atoms with Crippen LogP contribution in [0.3, 0.4) is 0 Å². The smallest absolute Gasteiger partial charge is 0.221 e. The Labute approximate surface area is 114 Å². The second-order valence-electron chi connectivity index (χ2n) is 4.96.